The maximum atomic E-state index is 5.12. The molecule has 5 heteroatoms. The fraction of sp³-hybridized carbons (Fsp3) is 0.0588. The smallest absolute Gasteiger partial charge is 0.0699 e. The number of fused-ring (bicyclic) bond motifs is 9. The van der Waals surface area contributed by atoms with Gasteiger partial charge in [-0.25, -0.2) is 0 Å². The summed E-state index contributed by atoms with van der Waals surface area (Å²) in [6.45, 7) is 3.14. The van der Waals surface area contributed by atoms with Gasteiger partial charge < -0.3 is 8.97 Å². The maximum absolute atomic E-state index is 5.12. The SMILES string of the molecule is CCn1c2ccccc2c2cc(-c3cccc(-c4c[c-]c5c(c4)c4ccccc4n4ccnc54)n3)ccc21.[Ir]. The summed E-state index contributed by atoms with van der Waals surface area (Å²) in [7, 11) is 0. The van der Waals surface area contributed by atoms with Gasteiger partial charge in [0.1, 0.15) is 0 Å². The number of imidazole rings is 1. The zero-order chi connectivity index (χ0) is 25.2. The van der Waals surface area contributed by atoms with Crippen LogP contribution in [-0.2, 0) is 26.7 Å². The van der Waals surface area contributed by atoms with E-state index in [2.05, 4.69) is 118 Å². The van der Waals surface area contributed by atoms with E-state index in [9.17, 15) is 0 Å². The topological polar surface area (TPSA) is 35.1 Å². The molecule has 0 bridgehead atoms. The summed E-state index contributed by atoms with van der Waals surface area (Å²) >= 11 is 0. The Morgan fingerprint density at radius 3 is 2.21 bits per heavy atom. The molecule has 0 atom stereocenters. The van der Waals surface area contributed by atoms with Crippen LogP contribution in [-0.4, -0.2) is 18.9 Å². The third-order valence-corrected chi connectivity index (χ3v) is 7.69. The maximum Gasteiger partial charge on any atom is 0.0699 e. The molecule has 0 fully saturated rings. The molecule has 0 aliphatic carbocycles. The number of para-hydroxylation sites is 2. The number of benzene rings is 4. The van der Waals surface area contributed by atoms with Crippen molar-refractivity contribution in [3.63, 3.8) is 0 Å². The number of rotatable bonds is 3. The number of hydrogen-bond donors (Lipinski definition) is 0. The second kappa shape index (κ2) is 9.16. The zero-order valence-corrected chi connectivity index (χ0v) is 23.6. The van der Waals surface area contributed by atoms with Crippen LogP contribution in [0.25, 0.3) is 71.6 Å². The van der Waals surface area contributed by atoms with Gasteiger partial charge in [-0.15, -0.1) is 23.6 Å². The van der Waals surface area contributed by atoms with Crippen LogP contribution in [0, 0.1) is 6.07 Å². The van der Waals surface area contributed by atoms with Crippen molar-refractivity contribution in [2.75, 3.05) is 0 Å². The van der Waals surface area contributed by atoms with Crippen LogP contribution in [0.3, 0.4) is 0 Å². The molecule has 8 rings (SSSR count). The van der Waals surface area contributed by atoms with Gasteiger partial charge in [-0.05, 0) is 48.7 Å². The van der Waals surface area contributed by atoms with E-state index in [1.165, 1.54) is 27.2 Å². The van der Waals surface area contributed by atoms with Crippen molar-refractivity contribution < 1.29 is 20.1 Å². The van der Waals surface area contributed by atoms with E-state index < -0.39 is 0 Å². The van der Waals surface area contributed by atoms with E-state index in [0.717, 1.165) is 51.0 Å². The van der Waals surface area contributed by atoms with Crippen LogP contribution < -0.4 is 0 Å². The molecule has 0 aliphatic rings. The summed E-state index contributed by atoms with van der Waals surface area (Å²) in [6.07, 6.45) is 3.86. The van der Waals surface area contributed by atoms with Crippen LogP contribution >= 0.6 is 0 Å². The van der Waals surface area contributed by atoms with Gasteiger partial charge in [0.05, 0.1) is 11.3 Å². The second-order valence-corrected chi connectivity index (χ2v) is 9.72. The van der Waals surface area contributed by atoms with Crippen LogP contribution in [0.5, 0.6) is 0 Å². The van der Waals surface area contributed by atoms with Crippen molar-refractivity contribution in [1.82, 2.24) is 18.9 Å². The first-order chi connectivity index (χ1) is 18.8. The van der Waals surface area contributed by atoms with Gasteiger partial charge in [-0.1, -0.05) is 59.5 Å². The number of pyridine rings is 2. The Morgan fingerprint density at radius 2 is 1.38 bits per heavy atom. The van der Waals surface area contributed by atoms with Crippen molar-refractivity contribution in [2.24, 2.45) is 0 Å². The molecule has 189 valence electrons. The molecule has 0 aliphatic heterocycles. The first-order valence-electron chi connectivity index (χ1n) is 13.0. The number of hydrogen-bond acceptors (Lipinski definition) is 2. The molecule has 0 saturated heterocycles. The normalized spacial score (nSPS) is 11.6. The average Bonchev–Trinajstić information content (AvgIpc) is 3.60. The molecule has 4 heterocycles. The molecule has 4 nitrogen and oxygen atoms in total. The standard InChI is InChI=1S/C34H23N4.Ir/c1-2-37-31-12-5-4-9-25(31)28-21-23(15-17-33(28)37)30-11-7-10-29(36-30)22-14-16-26-27(20-22)24-8-3-6-13-32(24)38-19-18-35-34(26)38;/h3-15,17-21H,2H2,1H3;/q-1;. The Balaban J connectivity index is 0.00000253. The minimum absolute atomic E-state index is 0. The molecule has 0 amide bonds. The average molecular weight is 680 g/mol. The van der Waals surface area contributed by atoms with Gasteiger partial charge in [0, 0.05) is 77.6 Å². The van der Waals surface area contributed by atoms with Gasteiger partial charge in [-0.2, -0.15) is 0 Å². The number of nitrogens with zero attached hydrogens (tertiary/aromatic N) is 4. The molecule has 0 saturated carbocycles. The predicted octanol–water partition coefficient (Wildman–Crippen LogP) is 8.30. The summed E-state index contributed by atoms with van der Waals surface area (Å²) < 4.78 is 4.52. The van der Waals surface area contributed by atoms with E-state index >= 15 is 0 Å². The monoisotopic (exact) mass is 680 g/mol. The van der Waals surface area contributed by atoms with Crippen molar-refractivity contribution in [1.29, 1.82) is 0 Å². The third kappa shape index (κ3) is 3.55. The minimum atomic E-state index is 0. The molecule has 4 aromatic heterocycles. The molecule has 1 radical (unpaired) electrons. The predicted molar refractivity (Wildman–Crippen MR) is 156 cm³/mol. The van der Waals surface area contributed by atoms with Crippen molar-refractivity contribution in [2.45, 2.75) is 13.5 Å². The van der Waals surface area contributed by atoms with Crippen molar-refractivity contribution in [3.8, 4) is 22.5 Å². The molecule has 0 unspecified atom stereocenters. The molecular formula is C34H23IrN4-. The number of aromatic nitrogens is 4. The van der Waals surface area contributed by atoms with Crippen LogP contribution in [0.2, 0.25) is 0 Å². The van der Waals surface area contributed by atoms with Crippen LogP contribution in [0.1, 0.15) is 6.92 Å². The summed E-state index contributed by atoms with van der Waals surface area (Å²) in [5.41, 5.74) is 8.65. The largest absolute Gasteiger partial charge is 0.341 e. The minimum Gasteiger partial charge on any atom is -0.341 e. The third-order valence-electron chi connectivity index (χ3n) is 7.69. The first-order valence-corrected chi connectivity index (χ1v) is 13.0. The molecule has 0 spiro atoms. The van der Waals surface area contributed by atoms with Gasteiger partial charge >= 0.3 is 0 Å². The summed E-state index contributed by atoms with van der Waals surface area (Å²) in [5.74, 6) is 0. The molecule has 8 aromatic rings. The summed E-state index contributed by atoms with van der Waals surface area (Å²) in [5, 5.41) is 5.88. The number of aryl methyl sites for hydroxylation is 1. The Labute approximate surface area is 238 Å². The molecule has 39 heavy (non-hydrogen) atoms. The van der Waals surface area contributed by atoms with E-state index in [4.69, 9.17) is 4.98 Å². The Morgan fingerprint density at radius 1 is 0.692 bits per heavy atom. The second-order valence-electron chi connectivity index (χ2n) is 9.72. The van der Waals surface area contributed by atoms with E-state index in [-0.39, 0.29) is 20.1 Å². The summed E-state index contributed by atoms with van der Waals surface area (Å²) in [6, 6.07) is 37.9. The van der Waals surface area contributed by atoms with Crippen molar-refractivity contribution >= 4 is 49.1 Å². The van der Waals surface area contributed by atoms with Crippen LogP contribution in [0.4, 0.5) is 0 Å². The molecular weight excluding hydrogens is 657 g/mol. The van der Waals surface area contributed by atoms with Gasteiger partial charge in [0.25, 0.3) is 0 Å². The van der Waals surface area contributed by atoms with Gasteiger partial charge in [0.2, 0.25) is 0 Å². The molecule has 4 aromatic carbocycles. The summed E-state index contributed by atoms with van der Waals surface area (Å²) in [4.78, 5) is 9.74. The van der Waals surface area contributed by atoms with Crippen LogP contribution in [0.15, 0.2) is 109 Å². The van der Waals surface area contributed by atoms with Gasteiger partial charge in [-0.3, -0.25) is 9.97 Å². The quantitative estimate of drug-likeness (QED) is 0.139. The first kappa shape index (κ1) is 23.8. The van der Waals surface area contributed by atoms with Crippen molar-refractivity contribution in [3.05, 3.63) is 116 Å². The van der Waals surface area contributed by atoms with E-state index in [1.807, 2.05) is 18.5 Å². The van der Waals surface area contributed by atoms with E-state index in [0.29, 0.717) is 0 Å². The fourth-order valence-corrected chi connectivity index (χ4v) is 5.95. The molecule has 0 N–H and O–H groups in total. The van der Waals surface area contributed by atoms with E-state index in [1.54, 1.807) is 0 Å². The Bertz CT molecular complexity index is 2190. The zero-order valence-electron chi connectivity index (χ0n) is 21.2. The van der Waals surface area contributed by atoms with Gasteiger partial charge in [0.15, 0.2) is 0 Å². The Kier molecular flexibility index (Phi) is 5.59. The fourth-order valence-electron chi connectivity index (χ4n) is 5.95. The Hall–Kier alpha value is -4.31.